The van der Waals surface area contributed by atoms with Gasteiger partial charge in [0.2, 0.25) is 0 Å². The molecule has 0 amide bonds. The number of nitrogens with zero attached hydrogens (tertiary/aromatic N) is 2. The fraction of sp³-hybridized carbons (Fsp3) is 0.354. The number of hydrogen-bond donors (Lipinski definition) is 0. The van der Waals surface area contributed by atoms with Crippen LogP contribution in [0, 0.1) is 44.9 Å². The van der Waals surface area contributed by atoms with Crippen LogP contribution in [0.25, 0.3) is 23.3 Å². The molecule has 3 aliphatic carbocycles. The van der Waals surface area contributed by atoms with E-state index in [0.29, 0.717) is 30.3 Å². The van der Waals surface area contributed by atoms with Gasteiger partial charge in [-0.15, -0.1) is 0 Å². The number of hydrogen-bond acceptors (Lipinski definition) is 7. The van der Waals surface area contributed by atoms with Gasteiger partial charge in [-0.05, 0) is 80.1 Å². The Balaban J connectivity index is 0.000000202. The Morgan fingerprint density at radius 3 is 1.98 bits per heavy atom. The summed E-state index contributed by atoms with van der Waals surface area (Å²) >= 11 is 0. The highest BCUT2D eigenvalue weighted by atomic mass is 16.5. The Kier molecular flexibility index (Phi) is 16.6. The van der Waals surface area contributed by atoms with E-state index in [1.54, 1.807) is 12.1 Å². The van der Waals surface area contributed by atoms with Crippen molar-refractivity contribution in [3.63, 3.8) is 0 Å². The van der Waals surface area contributed by atoms with Crippen LogP contribution in [0.15, 0.2) is 90.5 Å². The molecule has 284 valence electrons. The Labute approximate surface area is 324 Å². The van der Waals surface area contributed by atoms with Gasteiger partial charge in [-0.2, -0.15) is 10.5 Å². The van der Waals surface area contributed by atoms with Gasteiger partial charge in [0.05, 0.1) is 19.3 Å². The Morgan fingerprint density at radius 2 is 1.36 bits per heavy atom. The van der Waals surface area contributed by atoms with E-state index in [1.165, 1.54) is 12.8 Å². The highest BCUT2D eigenvalue weighted by Crippen LogP contribution is 2.20. The van der Waals surface area contributed by atoms with Crippen LogP contribution in [-0.2, 0) is 23.9 Å². The predicted octanol–water partition coefficient (Wildman–Crippen LogP) is 6.91. The van der Waals surface area contributed by atoms with Crippen molar-refractivity contribution in [3.05, 3.63) is 127 Å². The van der Waals surface area contributed by atoms with Crippen LogP contribution in [0.5, 0.6) is 0 Å². The summed E-state index contributed by atoms with van der Waals surface area (Å²) in [5.41, 5.74) is 3.01. The van der Waals surface area contributed by atoms with Gasteiger partial charge in [-0.1, -0.05) is 145 Å². The summed E-state index contributed by atoms with van der Waals surface area (Å²) in [6.07, 6.45) is 18.2. The van der Waals surface area contributed by atoms with E-state index in [-0.39, 0.29) is 17.8 Å². The number of allylic oxidation sites excluding steroid dienone is 4. The summed E-state index contributed by atoms with van der Waals surface area (Å²) < 4.78 is 10.5. The van der Waals surface area contributed by atoms with Gasteiger partial charge in [-0.3, -0.25) is 9.59 Å². The van der Waals surface area contributed by atoms with Gasteiger partial charge >= 0.3 is 11.9 Å². The van der Waals surface area contributed by atoms with E-state index in [2.05, 4.69) is 45.9 Å². The molecule has 0 bridgehead atoms. The van der Waals surface area contributed by atoms with Gasteiger partial charge in [0.1, 0.15) is 18.1 Å². The molecule has 0 saturated carbocycles. The van der Waals surface area contributed by atoms with Crippen LogP contribution in [0.3, 0.4) is 0 Å². The lowest BCUT2D eigenvalue weighted by Crippen LogP contribution is -2.24. The number of esters is 2. The molecular formula is C48H52N2O5. The first-order valence-electron chi connectivity index (χ1n) is 19.6. The summed E-state index contributed by atoms with van der Waals surface area (Å²) in [5, 5.41) is 23.9. The van der Waals surface area contributed by atoms with Crippen LogP contribution in [0.1, 0.15) is 91.0 Å². The van der Waals surface area contributed by atoms with Gasteiger partial charge in [0.25, 0.3) is 0 Å². The van der Waals surface area contributed by atoms with E-state index in [4.69, 9.17) is 14.7 Å². The summed E-state index contributed by atoms with van der Waals surface area (Å²) in [4.78, 5) is 35.2. The Bertz CT molecular complexity index is 2360. The molecule has 7 nitrogen and oxygen atoms in total. The Morgan fingerprint density at radius 1 is 0.745 bits per heavy atom. The number of nitriles is 2. The number of unbranched alkanes of at least 4 members (excludes halogenated alkanes) is 2. The molecule has 2 unspecified atom stereocenters. The number of carbonyl (C=O) groups is 3. The zero-order valence-electron chi connectivity index (χ0n) is 32.6. The topological polar surface area (TPSA) is 117 Å². The molecule has 0 heterocycles. The highest BCUT2D eigenvalue weighted by molar-refractivity contribution is 6.29. The molecule has 0 fully saturated rings. The molecule has 3 aromatic rings. The van der Waals surface area contributed by atoms with Crippen LogP contribution in [0.2, 0.25) is 0 Å². The minimum Gasteiger partial charge on any atom is -0.465 e. The Hall–Kier alpha value is -5.79. The zero-order chi connectivity index (χ0) is 39.6. The molecule has 7 heteroatoms. The summed E-state index contributed by atoms with van der Waals surface area (Å²) in [7, 11) is 0. The summed E-state index contributed by atoms with van der Waals surface area (Å²) in [6.45, 7) is 9.35. The van der Waals surface area contributed by atoms with Gasteiger partial charge in [0, 0.05) is 10.8 Å². The first kappa shape index (κ1) is 42.0. The predicted molar refractivity (Wildman–Crippen MR) is 217 cm³/mol. The molecule has 3 aromatic carbocycles. The van der Waals surface area contributed by atoms with Crippen molar-refractivity contribution >= 4 is 41.0 Å². The van der Waals surface area contributed by atoms with Gasteiger partial charge < -0.3 is 9.47 Å². The number of fused-ring (bicyclic) bond motifs is 4. The van der Waals surface area contributed by atoms with E-state index in [1.807, 2.05) is 78.9 Å². The van der Waals surface area contributed by atoms with Crippen LogP contribution < -0.4 is 20.9 Å². The van der Waals surface area contributed by atoms with Gasteiger partial charge in [0.15, 0.2) is 5.78 Å². The molecule has 2 atom stereocenters. The fourth-order valence-electron chi connectivity index (χ4n) is 6.80. The third-order valence-electron chi connectivity index (χ3n) is 10.1. The number of ether oxygens (including phenoxy) is 2. The van der Waals surface area contributed by atoms with E-state index < -0.39 is 11.9 Å². The molecule has 0 aliphatic heterocycles. The highest BCUT2D eigenvalue weighted by Gasteiger charge is 2.19. The first-order chi connectivity index (χ1) is 26.8. The van der Waals surface area contributed by atoms with E-state index in [0.717, 1.165) is 81.3 Å². The maximum atomic E-state index is 12.7. The van der Waals surface area contributed by atoms with Crippen molar-refractivity contribution in [2.45, 2.75) is 85.5 Å². The van der Waals surface area contributed by atoms with Crippen molar-refractivity contribution in [1.82, 2.24) is 0 Å². The minimum atomic E-state index is -0.523. The van der Waals surface area contributed by atoms with Gasteiger partial charge in [-0.25, -0.2) is 4.79 Å². The normalized spacial score (nSPS) is 14.1. The lowest BCUT2D eigenvalue weighted by atomic mass is 9.99. The molecular weight excluding hydrogens is 685 g/mol. The quantitative estimate of drug-likeness (QED) is 0.129. The average Bonchev–Trinajstić information content (AvgIpc) is 3.79. The van der Waals surface area contributed by atoms with Crippen LogP contribution in [-0.4, -0.2) is 30.9 Å². The van der Waals surface area contributed by atoms with Crippen molar-refractivity contribution in [3.8, 4) is 12.1 Å². The van der Waals surface area contributed by atoms with E-state index >= 15 is 0 Å². The fourth-order valence-corrected chi connectivity index (χ4v) is 6.80. The molecule has 0 saturated heterocycles. The summed E-state index contributed by atoms with van der Waals surface area (Å²) in [6, 6.07) is 25.6. The monoisotopic (exact) mass is 736 g/mol. The summed E-state index contributed by atoms with van der Waals surface area (Å²) in [5.74, 6) is -0.00152. The number of carbonyl (C=O) groups excluding carboxylic acids is 3. The maximum Gasteiger partial charge on any atom is 0.349 e. The van der Waals surface area contributed by atoms with Crippen molar-refractivity contribution < 1.29 is 23.9 Å². The van der Waals surface area contributed by atoms with E-state index in [9.17, 15) is 19.6 Å². The lowest BCUT2D eigenvalue weighted by molar-refractivity contribution is -0.144. The van der Waals surface area contributed by atoms with Crippen molar-refractivity contribution in [2.24, 2.45) is 11.8 Å². The number of rotatable bonds is 14. The maximum absolute atomic E-state index is 12.7. The minimum absolute atomic E-state index is 0.0855. The molecule has 0 radical (unpaired) electrons. The number of ketones is 1. The molecule has 6 rings (SSSR count). The molecule has 3 aliphatic rings. The third kappa shape index (κ3) is 11.4. The number of benzene rings is 3. The van der Waals surface area contributed by atoms with Crippen molar-refractivity contribution in [1.29, 1.82) is 10.5 Å². The largest absolute Gasteiger partial charge is 0.465 e. The molecule has 0 spiro atoms. The second-order valence-corrected chi connectivity index (χ2v) is 13.9. The van der Waals surface area contributed by atoms with Crippen LogP contribution >= 0.6 is 0 Å². The standard InChI is InChI=1S/C24H25NO2.C13H8O.C11H19NO2/c1-3-5-9-17(4-2)16-27-24(26)22(15-25)21-13-8-11-19-14-18-10-6-7-12-20(18)23(19)21;14-12-7-3-5-10-8-9-4-1-2-6-11(9)13(10)12;1-3-5-6-10(4-2)9-14-11(13)7-8-12/h6-8,10-14,17H,3-5,9,16H2,1-2H3;1-8H;10H,3-7,9H2,1-2H3/b22-21+;;. The van der Waals surface area contributed by atoms with Crippen molar-refractivity contribution in [2.75, 3.05) is 13.2 Å². The average molecular weight is 737 g/mol. The first-order valence-corrected chi connectivity index (χ1v) is 19.6. The molecule has 55 heavy (non-hydrogen) atoms. The second-order valence-electron chi connectivity index (χ2n) is 13.9. The second kappa shape index (κ2) is 21.8. The SMILES string of the molecule is CCCCC(CC)COC(=O)/C(C#N)=c1\cccc2c1=c1ccccc1=C2.CCCCC(CC)COC(=O)CC#N.O=C1C=CC=C2C=c3ccccc3=C12. The smallest absolute Gasteiger partial charge is 0.349 e. The van der Waals surface area contributed by atoms with Crippen LogP contribution in [0.4, 0.5) is 0 Å². The zero-order valence-corrected chi connectivity index (χ0v) is 32.6. The lowest BCUT2D eigenvalue weighted by Gasteiger charge is -2.14. The third-order valence-corrected chi connectivity index (χ3v) is 10.1. The molecule has 0 aromatic heterocycles. The molecule has 0 N–H and O–H groups in total.